The van der Waals surface area contributed by atoms with E-state index in [9.17, 15) is 18.0 Å². The van der Waals surface area contributed by atoms with E-state index in [2.05, 4.69) is 0 Å². The monoisotopic (exact) mass is 431 g/mol. The molecular formula is C22H25NO6S. The van der Waals surface area contributed by atoms with E-state index in [1.807, 2.05) is 6.92 Å². The first-order chi connectivity index (χ1) is 14.3. The van der Waals surface area contributed by atoms with Gasteiger partial charge in [-0.05, 0) is 75.2 Å². The Balaban J connectivity index is 1.64. The molecule has 8 heteroatoms. The summed E-state index contributed by atoms with van der Waals surface area (Å²) in [5, 5.41) is 0. The third-order valence-corrected chi connectivity index (χ3v) is 6.81. The van der Waals surface area contributed by atoms with Crippen LogP contribution in [0.2, 0.25) is 0 Å². The highest BCUT2D eigenvalue weighted by molar-refractivity contribution is 7.89. The Bertz CT molecular complexity index is 993. The number of carbonyl (C=O) groups excluding carboxylic acids is 2. The summed E-state index contributed by atoms with van der Waals surface area (Å²) in [5.74, 6) is -0.366. The maximum atomic E-state index is 12.6. The van der Waals surface area contributed by atoms with Crippen LogP contribution >= 0.6 is 0 Å². The van der Waals surface area contributed by atoms with Crippen molar-refractivity contribution in [1.82, 2.24) is 4.31 Å². The molecule has 0 amide bonds. The zero-order valence-electron chi connectivity index (χ0n) is 17.0. The number of ether oxygens (including phenoxy) is 2. The summed E-state index contributed by atoms with van der Waals surface area (Å²) >= 11 is 0. The molecule has 1 heterocycles. The molecule has 1 aliphatic heterocycles. The van der Waals surface area contributed by atoms with Crippen LogP contribution in [0.3, 0.4) is 0 Å². The molecule has 7 nitrogen and oxygen atoms in total. The van der Waals surface area contributed by atoms with Crippen LogP contribution in [0.15, 0.2) is 53.4 Å². The van der Waals surface area contributed by atoms with Crippen molar-refractivity contribution in [2.75, 3.05) is 19.7 Å². The lowest BCUT2D eigenvalue weighted by Gasteiger charge is -2.16. The van der Waals surface area contributed by atoms with E-state index in [-0.39, 0.29) is 16.2 Å². The van der Waals surface area contributed by atoms with Gasteiger partial charge in [0.25, 0.3) is 0 Å². The largest absolute Gasteiger partial charge is 0.494 e. The lowest BCUT2D eigenvalue weighted by Crippen LogP contribution is -2.28. The molecule has 0 aromatic heterocycles. The lowest BCUT2D eigenvalue weighted by molar-refractivity contribution is 0.0318. The van der Waals surface area contributed by atoms with Crippen LogP contribution in [0, 0.1) is 0 Å². The SMILES string of the molecule is CCOc1ccc(C(=O)C(C)OC(=O)c2ccc(S(=O)(=O)N3CCCC3)cc2)cc1. The molecule has 1 aliphatic rings. The normalized spacial score (nSPS) is 15.5. The third kappa shape index (κ3) is 4.88. The van der Waals surface area contributed by atoms with Crippen molar-refractivity contribution in [2.24, 2.45) is 0 Å². The summed E-state index contributed by atoms with van der Waals surface area (Å²) in [6.07, 6.45) is 0.719. The van der Waals surface area contributed by atoms with Crippen LogP contribution in [-0.2, 0) is 14.8 Å². The van der Waals surface area contributed by atoms with Crippen LogP contribution in [-0.4, -0.2) is 50.3 Å². The van der Waals surface area contributed by atoms with E-state index in [0.29, 0.717) is 31.0 Å². The molecule has 0 saturated carbocycles. The highest BCUT2D eigenvalue weighted by atomic mass is 32.2. The predicted molar refractivity (Wildman–Crippen MR) is 111 cm³/mol. The van der Waals surface area contributed by atoms with Crippen molar-refractivity contribution >= 4 is 21.8 Å². The molecule has 160 valence electrons. The van der Waals surface area contributed by atoms with Gasteiger partial charge in [-0.1, -0.05) is 0 Å². The molecule has 0 spiro atoms. The van der Waals surface area contributed by atoms with Gasteiger partial charge in [0.05, 0.1) is 17.1 Å². The molecule has 1 fully saturated rings. The predicted octanol–water partition coefficient (Wildman–Crippen LogP) is 3.30. The first-order valence-electron chi connectivity index (χ1n) is 9.91. The van der Waals surface area contributed by atoms with Crippen molar-refractivity contribution in [3.05, 3.63) is 59.7 Å². The number of hydrogen-bond acceptors (Lipinski definition) is 6. The number of sulfonamides is 1. The third-order valence-electron chi connectivity index (χ3n) is 4.90. The van der Waals surface area contributed by atoms with Gasteiger partial charge in [0, 0.05) is 18.7 Å². The molecule has 2 aromatic rings. The van der Waals surface area contributed by atoms with Crippen molar-refractivity contribution in [3.63, 3.8) is 0 Å². The van der Waals surface area contributed by atoms with Crippen molar-refractivity contribution in [2.45, 2.75) is 37.7 Å². The van der Waals surface area contributed by atoms with Gasteiger partial charge >= 0.3 is 5.97 Å². The van der Waals surface area contributed by atoms with Crippen LogP contribution in [0.4, 0.5) is 0 Å². The number of carbonyl (C=O) groups is 2. The van der Waals surface area contributed by atoms with E-state index in [0.717, 1.165) is 12.8 Å². The quantitative estimate of drug-likeness (QED) is 0.471. The average Bonchev–Trinajstić information content (AvgIpc) is 3.30. The smallest absolute Gasteiger partial charge is 0.338 e. The van der Waals surface area contributed by atoms with Gasteiger partial charge in [0.15, 0.2) is 6.10 Å². The van der Waals surface area contributed by atoms with E-state index in [4.69, 9.17) is 9.47 Å². The molecule has 0 N–H and O–H groups in total. The number of nitrogens with zero attached hydrogens (tertiary/aromatic N) is 1. The summed E-state index contributed by atoms with van der Waals surface area (Å²) in [6, 6.07) is 12.2. The van der Waals surface area contributed by atoms with E-state index in [1.54, 1.807) is 24.3 Å². The fourth-order valence-electron chi connectivity index (χ4n) is 3.24. The fraction of sp³-hybridized carbons (Fsp3) is 0.364. The highest BCUT2D eigenvalue weighted by Gasteiger charge is 2.27. The summed E-state index contributed by atoms with van der Waals surface area (Å²) in [4.78, 5) is 25.0. The van der Waals surface area contributed by atoms with Gasteiger partial charge in [0.2, 0.25) is 15.8 Å². The first-order valence-corrected chi connectivity index (χ1v) is 11.3. The van der Waals surface area contributed by atoms with Gasteiger partial charge < -0.3 is 9.47 Å². The zero-order chi connectivity index (χ0) is 21.7. The maximum Gasteiger partial charge on any atom is 0.338 e. The first kappa shape index (κ1) is 22.0. The number of ketones is 1. The summed E-state index contributed by atoms with van der Waals surface area (Å²) < 4.78 is 37.2. The number of esters is 1. The molecule has 0 bridgehead atoms. The molecule has 3 rings (SSSR count). The van der Waals surface area contributed by atoms with Gasteiger partial charge in [0.1, 0.15) is 5.75 Å². The summed E-state index contributed by atoms with van der Waals surface area (Å²) in [5.41, 5.74) is 0.590. The van der Waals surface area contributed by atoms with Crippen LogP contribution in [0.5, 0.6) is 5.75 Å². The molecule has 30 heavy (non-hydrogen) atoms. The van der Waals surface area contributed by atoms with E-state index < -0.39 is 22.1 Å². The van der Waals surface area contributed by atoms with E-state index >= 15 is 0 Å². The van der Waals surface area contributed by atoms with Crippen molar-refractivity contribution in [3.8, 4) is 5.75 Å². The standard InChI is InChI=1S/C22H25NO6S/c1-3-28-19-10-6-17(7-11-19)21(24)16(2)29-22(25)18-8-12-20(13-9-18)30(26,27)23-14-4-5-15-23/h6-13,16H,3-5,14-15H2,1-2H3. The molecule has 1 atom stereocenters. The molecular weight excluding hydrogens is 406 g/mol. The lowest BCUT2D eigenvalue weighted by atomic mass is 10.1. The minimum absolute atomic E-state index is 0.138. The number of Topliss-reactive ketones (excluding diaryl/α,β-unsaturated/α-hetero) is 1. The van der Waals surface area contributed by atoms with Crippen molar-refractivity contribution in [1.29, 1.82) is 0 Å². The number of benzene rings is 2. The number of hydrogen-bond donors (Lipinski definition) is 0. The second kappa shape index (κ2) is 9.40. The minimum atomic E-state index is -3.54. The van der Waals surface area contributed by atoms with Crippen molar-refractivity contribution < 1.29 is 27.5 Å². The second-order valence-corrected chi connectivity index (χ2v) is 8.94. The Kier molecular flexibility index (Phi) is 6.89. The average molecular weight is 432 g/mol. The van der Waals surface area contributed by atoms with Crippen LogP contribution in [0.25, 0.3) is 0 Å². The summed E-state index contributed by atoms with van der Waals surface area (Å²) in [6.45, 7) is 4.92. The van der Waals surface area contributed by atoms with Gasteiger partial charge in [-0.15, -0.1) is 0 Å². The Labute approximate surface area is 176 Å². The molecule has 1 unspecified atom stereocenters. The molecule has 0 aliphatic carbocycles. The fourth-order valence-corrected chi connectivity index (χ4v) is 4.76. The zero-order valence-corrected chi connectivity index (χ0v) is 17.9. The molecule has 1 saturated heterocycles. The Morgan fingerprint density at radius 1 is 0.967 bits per heavy atom. The molecule has 0 radical (unpaired) electrons. The minimum Gasteiger partial charge on any atom is -0.494 e. The van der Waals surface area contributed by atoms with Crippen LogP contribution in [0.1, 0.15) is 47.4 Å². The highest BCUT2D eigenvalue weighted by Crippen LogP contribution is 2.21. The topological polar surface area (TPSA) is 90.0 Å². The molecule has 2 aromatic carbocycles. The number of rotatable bonds is 8. The van der Waals surface area contributed by atoms with E-state index in [1.165, 1.54) is 35.5 Å². The summed E-state index contributed by atoms with van der Waals surface area (Å²) in [7, 11) is -3.54. The Morgan fingerprint density at radius 3 is 2.10 bits per heavy atom. The second-order valence-electron chi connectivity index (χ2n) is 7.00. The maximum absolute atomic E-state index is 12.6. The van der Waals surface area contributed by atoms with Gasteiger partial charge in [-0.2, -0.15) is 4.31 Å². The Morgan fingerprint density at radius 2 is 1.53 bits per heavy atom. The van der Waals surface area contributed by atoms with Gasteiger partial charge in [-0.3, -0.25) is 4.79 Å². The van der Waals surface area contributed by atoms with Crippen LogP contribution < -0.4 is 4.74 Å². The Hall–Kier alpha value is -2.71. The van der Waals surface area contributed by atoms with Gasteiger partial charge in [-0.25, -0.2) is 13.2 Å².